The van der Waals surface area contributed by atoms with Crippen molar-refractivity contribution in [2.45, 2.75) is 33.7 Å². The number of fused-ring (bicyclic) bond motifs is 1. The minimum Gasteiger partial charge on any atom is -0.369 e. The van der Waals surface area contributed by atoms with Crippen LogP contribution in [0.5, 0.6) is 0 Å². The molecule has 0 amide bonds. The summed E-state index contributed by atoms with van der Waals surface area (Å²) in [5.74, 6) is 0.844. The summed E-state index contributed by atoms with van der Waals surface area (Å²) in [7, 11) is 0. The van der Waals surface area contributed by atoms with Crippen molar-refractivity contribution in [2.75, 3.05) is 6.54 Å². The zero-order valence-corrected chi connectivity index (χ0v) is 13.3. The van der Waals surface area contributed by atoms with Crippen LogP contribution < -0.4 is 0 Å². The van der Waals surface area contributed by atoms with Crippen LogP contribution in [0.2, 0.25) is 0 Å². The Bertz CT molecular complexity index is 719. The summed E-state index contributed by atoms with van der Waals surface area (Å²) in [6, 6.07) is 1.85. The van der Waals surface area contributed by atoms with Crippen LogP contribution in [0.3, 0.4) is 0 Å². The van der Waals surface area contributed by atoms with Gasteiger partial charge in [-0.25, -0.2) is 9.37 Å². The Balaban J connectivity index is 1.98. The van der Waals surface area contributed by atoms with E-state index < -0.39 is 0 Å². The molecule has 3 rings (SSSR count). The predicted octanol–water partition coefficient (Wildman–Crippen LogP) is 3.11. The highest BCUT2D eigenvalue weighted by molar-refractivity contribution is 5.53. The number of aromatic nitrogens is 4. The Morgan fingerprint density at radius 2 is 2.14 bits per heavy atom. The number of rotatable bonds is 3. The molecule has 2 aromatic heterocycles. The number of hydrogen-bond acceptors (Lipinski definition) is 4. The van der Waals surface area contributed by atoms with Crippen LogP contribution in [0.1, 0.15) is 43.8 Å². The Labute approximate surface area is 129 Å². The second-order valence-electron chi connectivity index (χ2n) is 6.15. The molecule has 2 aromatic rings. The summed E-state index contributed by atoms with van der Waals surface area (Å²) in [5.41, 5.74) is 2.38. The topological polar surface area (TPSA) is 46.8 Å². The molecule has 0 bridgehead atoms. The molecule has 116 valence electrons. The van der Waals surface area contributed by atoms with E-state index in [4.69, 9.17) is 0 Å². The van der Waals surface area contributed by atoms with Crippen LogP contribution >= 0.6 is 0 Å². The van der Waals surface area contributed by atoms with E-state index in [1.54, 1.807) is 17.7 Å². The quantitative estimate of drug-likeness (QED) is 0.874. The molecular weight excluding hydrogens is 281 g/mol. The molecule has 0 aliphatic carbocycles. The predicted molar refractivity (Wildman–Crippen MR) is 82.8 cm³/mol. The summed E-state index contributed by atoms with van der Waals surface area (Å²) in [6.07, 6.45) is 5.29. The van der Waals surface area contributed by atoms with Gasteiger partial charge in [0.25, 0.3) is 0 Å². The molecule has 1 atom stereocenters. The monoisotopic (exact) mass is 301 g/mol. The van der Waals surface area contributed by atoms with Crippen molar-refractivity contribution in [1.82, 2.24) is 24.9 Å². The van der Waals surface area contributed by atoms with Gasteiger partial charge in [0.15, 0.2) is 5.82 Å². The van der Waals surface area contributed by atoms with Gasteiger partial charge >= 0.3 is 0 Å². The van der Waals surface area contributed by atoms with E-state index in [0.717, 1.165) is 17.9 Å². The summed E-state index contributed by atoms with van der Waals surface area (Å²) in [6.45, 7) is 9.19. The van der Waals surface area contributed by atoms with Crippen LogP contribution in [0.15, 0.2) is 18.5 Å². The molecule has 6 heteroatoms. The Hall–Kier alpha value is -2.24. The van der Waals surface area contributed by atoms with E-state index in [1.807, 2.05) is 6.08 Å². The van der Waals surface area contributed by atoms with Crippen molar-refractivity contribution in [3.8, 4) is 5.82 Å². The zero-order valence-electron chi connectivity index (χ0n) is 13.3. The van der Waals surface area contributed by atoms with Crippen molar-refractivity contribution < 1.29 is 4.39 Å². The van der Waals surface area contributed by atoms with E-state index in [9.17, 15) is 4.39 Å². The molecular formula is C16H20FN5. The number of halogens is 1. The van der Waals surface area contributed by atoms with Gasteiger partial charge in [-0.05, 0) is 37.5 Å². The first-order valence-electron chi connectivity index (χ1n) is 7.49. The third-order valence-corrected chi connectivity index (χ3v) is 3.88. The van der Waals surface area contributed by atoms with Gasteiger partial charge < -0.3 is 4.90 Å². The largest absolute Gasteiger partial charge is 0.369 e. The summed E-state index contributed by atoms with van der Waals surface area (Å²) in [5, 5.41) is 8.52. The minimum absolute atomic E-state index is 0.165. The summed E-state index contributed by atoms with van der Waals surface area (Å²) in [4.78, 5) is 6.38. The van der Waals surface area contributed by atoms with Gasteiger partial charge in [-0.3, -0.25) is 0 Å². The molecule has 5 nitrogen and oxygen atoms in total. The second-order valence-corrected chi connectivity index (χ2v) is 6.15. The van der Waals surface area contributed by atoms with Crippen LogP contribution in [-0.4, -0.2) is 31.4 Å². The number of nitrogens with zero attached hydrogens (tertiary/aromatic N) is 5. The summed E-state index contributed by atoms with van der Waals surface area (Å²) < 4.78 is 15.1. The first-order chi connectivity index (χ1) is 10.5. The molecule has 3 heterocycles. The van der Waals surface area contributed by atoms with E-state index in [-0.39, 0.29) is 11.9 Å². The molecule has 1 unspecified atom stereocenters. The summed E-state index contributed by atoms with van der Waals surface area (Å²) >= 11 is 0. The fraction of sp³-hybridized carbons (Fsp3) is 0.438. The standard InChI is InChI=1S/C16H20FN5/c1-10(2)9-21-6-5-14-16(12(21)4)19-20-22(14)15-7-11(3)13(17)8-18-15/h5-8,10,12H,9H2,1-4H3. The lowest BCUT2D eigenvalue weighted by atomic mass is 10.1. The number of pyridine rings is 1. The molecule has 0 saturated carbocycles. The fourth-order valence-electron chi connectivity index (χ4n) is 2.66. The van der Waals surface area contributed by atoms with E-state index in [0.29, 0.717) is 17.3 Å². The second kappa shape index (κ2) is 5.51. The molecule has 1 aliphatic rings. The van der Waals surface area contributed by atoms with Gasteiger partial charge in [-0.1, -0.05) is 19.1 Å². The molecule has 0 radical (unpaired) electrons. The normalized spacial score (nSPS) is 17.2. The smallest absolute Gasteiger partial charge is 0.156 e. The molecule has 0 N–H and O–H groups in total. The van der Waals surface area contributed by atoms with Gasteiger partial charge in [0, 0.05) is 12.7 Å². The van der Waals surface area contributed by atoms with Gasteiger partial charge in [-0.15, -0.1) is 5.10 Å². The lowest BCUT2D eigenvalue weighted by molar-refractivity contribution is 0.259. The Morgan fingerprint density at radius 1 is 1.36 bits per heavy atom. The maximum Gasteiger partial charge on any atom is 0.156 e. The molecule has 0 aromatic carbocycles. The number of aryl methyl sites for hydroxylation is 1. The van der Waals surface area contributed by atoms with Gasteiger partial charge in [0.2, 0.25) is 0 Å². The van der Waals surface area contributed by atoms with Gasteiger partial charge in [0.05, 0.1) is 17.9 Å². The van der Waals surface area contributed by atoms with Gasteiger partial charge in [0.1, 0.15) is 11.5 Å². The average Bonchev–Trinajstić information content (AvgIpc) is 2.89. The van der Waals surface area contributed by atoms with Crippen molar-refractivity contribution in [1.29, 1.82) is 0 Å². The van der Waals surface area contributed by atoms with Crippen LogP contribution in [-0.2, 0) is 0 Å². The van der Waals surface area contributed by atoms with Crippen molar-refractivity contribution >= 4 is 6.08 Å². The third-order valence-electron chi connectivity index (χ3n) is 3.88. The van der Waals surface area contributed by atoms with E-state index in [1.165, 1.54) is 6.20 Å². The SMILES string of the molecule is Cc1cc(-n2nnc3c2C=CN(CC(C)C)C3C)ncc1F. The highest BCUT2D eigenvalue weighted by atomic mass is 19.1. The van der Waals surface area contributed by atoms with Crippen molar-refractivity contribution in [2.24, 2.45) is 5.92 Å². The molecule has 0 spiro atoms. The maximum absolute atomic E-state index is 13.4. The third kappa shape index (κ3) is 2.49. The Morgan fingerprint density at radius 3 is 2.82 bits per heavy atom. The Kier molecular flexibility index (Phi) is 3.68. The average molecular weight is 301 g/mol. The highest BCUT2D eigenvalue weighted by Crippen LogP contribution is 2.29. The van der Waals surface area contributed by atoms with Crippen molar-refractivity contribution in [3.63, 3.8) is 0 Å². The first kappa shape index (κ1) is 14.7. The van der Waals surface area contributed by atoms with Crippen molar-refractivity contribution in [3.05, 3.63) is 41.2 Å². The minimum atomic E-state index is -0.315. The molecule has 22 heavy (non-hydrogen) atoms. The lowest BCUT2D eigenvalue weighted by Crippen LogP contribution is -2.28. The highest BCUT2D eigenvalue weighted by Gasteiger charge is 2.26. The zero-order chi connectivity index (χ0) is 15.9. The van der Waals surface area contributed by atoms with E-state index in [2.05, 4.69) is 47.2 Å². The maximum atomic E-state index is 13.4. The molecule has 1 aliphatic heterocycles. The first-order valence-corrected chi connectivity index (χ1v) is 7.49. The van der Waals surface area contributed by atoms with Crippen LogP contribution in [0.25, 0.3) is 11.9 Å². The van der Waals surface area contributed by atoms with Crippen LogP contribution in [0.4, 0.5) is 4.39 Å². The lowest BCUT2D eigenvalue weighted by Gasteiger charge is -2.31. The van der Waals surface area contributed by atoms with E-state index >= 15 is 0 Å². The molecule has 0 fully saturated rings. The van der Waals surface area contributed by atoms with Crippen LogP contribution in [0, 0.1) is 18.7 Å². The molecule has 0 saturated heterocycles. The number of hydrogen-bond donors (Lipinski definition) is 0. The fourth-order valence-corrected chi connectivity index (χ4v) is 2.66. The van der Waals surface area contributed by atoms with Gasteiger partial charge in [-0.2, -0.15) is 4.68 Å².